The Labute approximate surface area is 152 Å². The summed E-state index contributed by atoms with van der Waals surface area (Å²) < 4.78 is 8.03. The van der Waals surface area contributed by atoms with Crippen LogP contribution < -0.4 is 0 Å². The van der Waals surface area contributed by atoms with Gasteiger partial charge in [-0.05, 0) is 48.7 Å². The first-order valence-corrected chi connectivity index (χ1v) is 8.86. The molecule has 0 spiro atoms. The van der Waals surface area contributed by atoms with Crippen molar-refractivity contribution in [2.45, 2.75) is 19.4 Å². The summed E-state index contributed by atoms with van der Waals surface area (Å²) in [5.74, 6) is 1.31. The Hall–Kier alpha value is -2.17. The first-order chi connectivity index (χ1) is 12.2. The third kappa shape index (κ3) is 3.32. The molecule has 0 saturated carbocycles. The second kappa shape index (κ2) is 6.98. The number of aromatic nitrogens is 3. The van der Waals surface area contributed by atoms with Crippen LogP contribution in [0.5, 0.6) is 0 Å². The van der Waals surface area contributed by atoms with Crippen molar-refractivity contribution >= 4 is 11.6 Å². The van der Waals surface area contributed by atoms with E-state index >= 15 is 0 Å². The topological polar surface area (TPSA) is 39.9 Å². The molecule has 1 fully saturated rings. The Morgan fingerprint density at radius 1 is 1.16 bits per heavy atom. The highest BCUT2D eigenvalue weighted by atomic mass is 35.5. The highest BCUT2D eigenvalue weighted by molar-refractivity contribution is 6.33. The van der Waals surface area contributed by atoms with Crippen LogP contribution in [0.1, 0.15) is 17.2 Å². The van der Waals surface area contributed by atoms with Crippen LogP contribution in [0.2, 0.25) is 5.02 Å². The highest BCUT2D eigenvalue weighted by Gasteiger charge is 2.31. The van der Waals surface area contributed by atoms with Crippen molar-refractivity contribution in [1.29, 1.82) is 0 Å². The lowest BCUT2D eigenvalue weighted by atomic mass is 9.95. The summed E-state index contributed by atoms with van der Waals surface area (Å²) in [4.78, 5) is 8.67. The predicted octanol–water partition coefficient (Wildman–Crippen LogP) is 4.34. The van der Waals surface area contributed by atoms with E-state index in [4.69, 9.17) is 16.3 Å². The quantitative estimate of drug-likeness (QED) is 0.700. The van der Waals surface area contributed by atoms with E-state index < -0.39 is 0 Å². The molecule has 1 aromatic carbocycles. The summed E-state index contributed by atoms with van der Waals surface area (Å²) in [6.07, 6.45) is 8.52. The Bertz CT molecular complexity index is 862. The minimum absolute atomic E-state index is 0.253. The normalized spacial score (nSPS) is 20.1. The fourth-order valence-electron chi connectivity index (χ4n) is 3.50. The summed E-state index contributed by atoms with van der Waals surface area (Å²) in [7, 11) is 0. The molecule has 2 atom stereocenters. The Kier molecular flexibility index (Phi) is 4.55. The van der Waals surface area contributed by atoms with Crippen LogP contribution in [-0.4, -0.2) is 27.7 Å². The molecule has 3 heterocycles. The van der Waals surface area contributed by atoms with Gasteiger partial charge in [-0.15, -0.1) is 0 Å². The average molecular weight is 354 g/mol. The van der Waals surface area contributed by atoms with Crippen molar-refractivity contribution in [3.8, 4) is 11.4 Å². The number of hydrogen-bond donors (Lipinski definition) is 0. The molecule has 1 aliphatic heterocycles. The number of aryl methyl sites for hydroxylation is 1. The van der Waals surface area contributed by atoms with Crippen molar-refractivity contribution in [2.75, 3.05) is 13.2 Å². The van der Waals surface area contributed by atoms with Crippen LogP contribution in [0, 0.1) is 12.8 Å². The number of ether oxygens (including phenoxy) is 1. The fourth-order valence-corrected chi connectivity index (χ4v) is 3.82. The van der Waals surface area contributed by atoms with Gasteiger partial charge in [-0.1, -0.05) is 17.7 Å². The lowest BCUT2D eigenvalue weighted by Gasteiger charge is -2.21. The van der Waals surface area contributed by atoms with Crippen molar-refractivity contribution in [2.24, 2.45) is 5.92 Å². The van der Waals surface area contributed by atoms with Gasteiger partial charge in [0, 0.05) is 36.3 Å². The van der Waals surface area contributed by atoms with Crippen molar-refractivity contribution in [3.63, 3.8) is 0 Å². The van der Waals surface area contributed by atoms with Crippen LogP contribution in [0.3, 0.4) is 0 Å². The highest BCUT2D eigenvalue weighted by Crippen LogP contribution is 2.34. The van der Waals surface area contributed by atoms with Crippen molar-refractivity contribution in [3.05, 3.63) is 71.3 Å². The molecule has 1 saturated heterocycles. The molecule has 0 aliphatic carbocycles. The van der Waals surface area contributed by atoms with E-state index in [2.05, 4.69) is 32.7 Å². The third-order valence-corrected chi connectivity index (χ3v) is 5.12. The molecule has 25 heavy (non-hydrogen) atoms. The van der Waals surface area contributed by atoms with E-state index in [-0.39, 0.29) is 6.04 Å². The minimum Gasteiger partial charge on any atom is -0.379 e. The van der Waals surface area contributed by atoms with E-state index in [1.165, 1.54) is 5.56 Å². The Morgan fingerprint density at radius 3 is 2.80 bits per heavy atom. The number of benzene rings is 1. The zero-order chi connectivity index (χ0) is 17.2. The minimum atomic E-state index is 0.253. The molecule has 0 amide bonds. The number of pyridine rings is 1. The number of imidazole rings is 1. The first kappa shape index (κ1) is 16.3. The van der Waals surface area contributed by atoms with Gasteiger partial charge in [0.1, 0.15) is 5.82 Å². The van der Waals surface area contributed by atoms with Gasteiger partial charge in [0.25, 0.3) is 0 Å². The molecule has 0 bridgehead atoms. The third-order valence-electron chi connectivity index (χ3n) is 4.80. The molecule has 3 aromatic rings. The van der Waals surface area contributed by atoms with Gasteiger partial charge in [0.05, 0.1) is 24.3 Å². The number of rotatable bonds is 4. The predicted molar refractivity (Wildman–Crippen MR) is 98.7 cm³/mol. The molecule has 4 rings (SSSR count). The summed E-state index contributed by atoms with van der Waals surface area (Å²) in [6.45, 7) is 3.49. The van der Waals surface area contributed by atoms with E-state index in [1.807, 2.05) is 43.8 Å². The van der Waals surface area contributed by atoms with Gasteiger partial charge in [0.2, 0.25) is 0 Å². The molecule has 0 radical (unpaired) electrons. The summed E-state index contributed by atoms with van der Waals surface area (Å²) in [6, 6.07) is 10.5. The van der Waals surface area contributed by atoms with Gasteiger partial charge in [-0.25, -0.2) is 4.98 Å². The Morgan fingerprint density at radius 2 is 2.00 bits per heavy atom. The molecule has 2 aromatic heterocycles. The second-order valence-corrected chi connectivity index (χ2v) is 6.97. The van der Waals surface area contributed by atoms with Gasteiger partial charge in [0.15, 0.2) is 0 Å². The smallest absolute Gasteiger partial charge is 0.141 e. The average Bonchev–Trinajstić information content (AvgIpc) is 3.25. The number of nitrogens with zero attached hydrogens (tertiary/aromatic N) is 3. The lowest BCUT2D eigenvalue weighted by molar-refractivity contribution is 0.181. The van der Waals surface area contributed by atoms with E-state index in [1.54, 1.807) is 0 Å². The van der Waals surface area contributed by atoms with Crippen molar-refractivity contribution < 1.29 is 4.74 Å². The molecule has 0 unspecified atom stereocenters. The van der Waals surface area contributed by atoms with Gasteiger partial charge >= 0.3 is 0 Å². The maximum Gasteiger partial charge on any atom is 0.141 e. The zero-order valence-corrected chi connectivity index (χ0v) is 14.9. The van der Waals surface area contributed by atoms with Crippen LogP contribution in [-0.2, 0) is 11.2 Å². The fraction of sp³-hybridized carbons (Fsp3) is 0.300. The zero-order valence-electron chi connectivity index (χ0n) is 14.1. The van der Waals surface area contributed by atoms with Crippen LogP contribution >= 0.6 is 11.6 Å². The molecule has 1 aliphatic rings. The molecule has 5 heteroatoms. The molecular weight excluding hydrogens is 334 g/mol. The Balaban J connectivity index is 1.64. The standard InChI is InChI=1S/C20H20ClN3O/c1-14-2-3-17(18(21)10-14)20-23-8-9-24(20)19-13-25-12-16(19)11-15-4-6-22-7-5-15/h2-10,16,19H,11-13H2,1H3/t16-,19-/m1/s1. The first-order valence-electron chi connectivity index (χ1n) is 8.48. The number of hydrogen-bond acceptors (Lipinski definition) is 3. The molecule has 4 nitrogen and oxygen atoms in total. The summed E-state index contributed by atoms with van der Waals surface area (Å²) in [5.41, 5.74) is 3.39. The molecule has 0 N–H and O–H groups in total. The van der Waals surface area contributed by atoms with Gasteiger partial charge < -0.3 is 9.30 Å². The van der Waals surface area contributed by atoms with E-state index in [0.29, 0.717) is 12.5 Å². The molecule has 128 valence electrons. The summed E-state index contributed by atoms with van der Waals surface area (Å²) in [5, 5.41) is 0.733. The van der Waals surface area contributed by atoms with Crippen molar-refractivity contribution in [1.82, 2.24) is 14.5 Å². The maximum atomic E-state index is 6.47. The van der Waals surface area contributed by atoms with E-state index in [0.717, 1.165) is 35.0 Å². The van der Waals surface area contributed by atoms with Crippen LogP contribution in [0.25, 0.3) is 11.4 Å². The monoisotopic (exact) mass is 353 g/mol. The van der Waals surface area contributed by atoms with E-state index in [9.17, 15) is 0 Å². The second-order valence-electron chi connectivity index (χ2n) is 6.57. The summed E-state index contributed by atoms with van der Waals surface area (Å²) >= 11 is 6.47. The maximum absolute atomic E-state index is 6.47. The van der Waals surface area contributed by atoms with Gasteiger partial charge in [-0.2, -0.15) is 0 Å². The van der Waals surface area contributed by atoms with Gasteiger partial charge in [-0.3, -0.25) is 4.98 Å². The van der Waals surface area contributed by atoms with Crippen LogP contribution in [0.4, 0.5) is 0 Å². The number of halogens is 1. The lowest BCUT2D eigenvalue weighted by Crippen LogP contribution is -2.20. The largest absolute Gasteiger partial charge is 0.379 e. The SMILES string of the molecule is Cc1ccc(-c2nccn2[C@@H]2COC[C@H]2Cc2ccncc2)c(Cl)c1. The van der Waals surface area contributed by atoms with Crippen LogP contribution in [0.15, 0.2) is 55.1 Å². The molecular formula is C20H20ClN3O.